The molecule has 0 fully saturated rings. The van der Waals surface area contributed by atoms with Crippen LogP contribution in [0, 0.1) is 11.3 Å². The van der Waals surface area contributed by atoms with Crippen LogP contribution in [-0.4, -0.2) is 20.6 Å². The van der Waals surface area contributed by atoms with Crippen molar-refractivity contribution in [3.8, 4) is 11.9 Å². The maximum absolute atomic E-state index is 11.0. The number of nitriles is 1. The summed E-state index contributed by atoms with van der Waals surface area (Å²) in [4.78, 5) is 15.2. The summed E-state index contributed by atoms with van der Waals surface area (Å²) >= 11 is 0. The van der Waals surface area contributed by atoms with Crippen LogP contribution in [0.1, 0.15) is 27.2 Å². The largest absolute Gasteiger partial charge is 0.478 e. The van der Waals surface area contributed by atoms with Gasteiger partial charge >= 0.3 is 5.97 Å². The van der Waals surface area contributed by atoms with Crippen molar-refractivity contribution < 1.29 is 14.3 Å². The number of carbonyl (C=O) groups is 1. The van der Waals surface area contributed by atoms with Gasteiger partial charge in [-0.05, 0) is 36.4 Å². The summed E-state index contributed by atoms with van der Waals surface area (Å²) in [5.41, 5.74) is 1.27. The molecule has 3 heterocycles. The summed E-state index contributed by atoms with van der Waals surface area (Å²) in [6.45, 7) is 0. The van der Waals surface area contributed by atoms with E-state index in [1.54, 1.807) is 47.5 Å². The Kier molecular flexibility index (Phi) is 3.77. The average Bonchev–Trinajstić information content (AvgIpc) is 3.22. The van der Waals surface area contributed by atoms with Gasteiger partial charge in [-0.2, -0.15) is 5.26 Å². The summed E-state index contributed by atoms with van der Waals surface area (Å²) in [5.74, 6) is 0.0749. The fourth-order valence-electron chi connectivity index (χ4n) is 2.08. The Morgan fingerprint density at radius 2 is 2.22 bits per heavy atom. The molecule has 0 aromatic carbocycles. The number of nitrogens with zero attached hydrogens (tertiary/aromatic N) is 3. The van der Waals surface area contributed by atoms with E-state index in [4.69, 9.17) is 9.52 Å². The number of carboxylic acid groups (broad SMARTS) is 1. The third-order valence-corrected chi connectivity index (χ3v) is 3.21. The van der Waals surface area contributed by atoms with E-state index >= 15 is 0 Å². The standard InChI is InChI=1S/C17H11N3O3/c18-9-14-11-20(16-8-12(17(21)22)5-6-19-16)10-13(14)3-4-15-2-1-7-23-15/h1-8,10-11H,(H,21,22). The molecule has 0 unspecified atom stereocenters. The van der Waals surface area contributed by atoms with Crippen molar-refractivity contribution in [1.82, 2.24) is 9.55 Å². The average molecular weight is 305 g/mol. The number of aromatic nitrogens is 2. The number of furan rings is 1. The number of hydrogen-bond donors (Lipinski definition) is 1. The molecule has 6 nitrogen and oxygen atoms in total. The predicted molar refractivity (Wildman–Crippen MR) is 82.9 cm³/mol. The van der Waals surface area contributed by atoms with Gasteiger partial charge in [-0.1, -0.05) is 0 Å². The number of aromatic carboxylic acids is 1. The topological polar surface area (TPSA) is 92.0 Å². The van der Waals surface area contributed by atoms with Crippen molar-refractivity contribution in [1.29, 1.82) is 5.26 Å². The van der Waals surface area contributed by atoms with Crippen LogP contribution in [0.3, 0.4) is 0 Å². The number of carboxylic acids is 1. The van der Waals surface area contributed by atoms with Crippen LogP contribution in [0.4, 0.5) is 0 Å². The minimum Gasteiger partial charge on any atom is -0.478 e. The first kappa shape index (κ1) is 14.4. The van der Waals surface area contributed by atoms with Gasteiger partial charge in [0.1, 0.15) is 17.6 Å². The Balaban J connectivity index is 1.97. The lowest BCUT2D eigenvalue weighted by atomic mass is 10.2. The summed E-state index contributed by atoms with van der Waals surface area (Å²) in [5, 5.41) is 18.3. The Morgan fingerprint density at radius 3 is 2.91 bits per heavy atom. The fourth-order valence-corrected chi connectivity index (χ4v) is 2.08. The van der Waals surface area contributed by atoms with Crippen molar-refractivity contribution >= 4 is 18.1 Å². The molecular weight excluding hydrogens is 294 g/mol. The minimum absolute atomic E-state index is 0.134. The first-order valence-electron chi connectivity index (χ1n) is 6.71. The smallest absolute Gasteiger partial charge is 0.335 e. The minimum atomic E-state index is -1.03. The fraction of sp³-hybridized carbons (Fsp3) is 0. The SMILES string of the molecule is N#Cc1cn(-c2cc(C(=O)O)ccn2)cc1C=Cc1ccco1. The van der Waals surface area contributed by atoms with Crippen molar-refractivity contribution in [2.45, 2.75) is 0 Å². The Hall–Kier alpha value is -3.59. The second-order valence-electron chi connectivity index (χ2n) is 4.70. The first-order chi connectivity index (χ1) is 11.2. The summed E-state index contributed by atoms with van der Waals surface area (Å²) in [6, 6.07) is 8.55. The first-order valence-corrected chi connectivity index (χ1v) is 6.71. The highest BCUT2D eigenvalue weighted by molar-refractivity contribution is 5.87. The van der Waals surface area contributed by atoms with E-state index < -0.39 is 5.97 Å². The molecule has 0 aliphatic carbocycles. The highest BCUT2D eigenvalue weighted by atomic mass is 16.4. The lowest BCUT2D eigenvalue weighted by Gasteiger charge is -2.02. The molecule has 0 spiro atoms. The lowest BCUT2D eigenvalue weighted by molar-refractivity contribution is 0.0696. The zero-order valence-corrected chi connectivity index (χ0v) is 11.9. The maximum atomic E-state index is 11.0. The molecule has 0 radical (unpaired) electrons. The van der Waals surface area contributed by atoms with Gasteiger partial charge in [0.15, 0.2) is 0 Å². The number of hydrogen-bond acceptors (Lipinski definition) is 4. The Bertz CT molecular complexity index is 915. The Labute approximate surface area is 131 Å². The summed E-state index contributed by atoms with van der Waals surface area (Å²) in [7, 11) is 0. The van der Waals surface area contributed by atoms with Gasteiger partial charge in [0, 0.05) is 24.2 Å². The third-order valence-electron chi connectivity index (χ3n) is 3.21. The molecule has 1 N–H and O–H groups in total. The Morgan fingerprint density at radius 1 is 1.35 bits per heavy atom. The van der Waals surface area contributed by atoms with Crippen molar-refractivity contribution in [3.05, 3.63) is 71.6 Å². The van der Waals surface area contributed by atoms with Crippen LogP contribution in [0.2, 0.25) is 0 Å². The summed E-state index contributed by atoms with van der Waals surface area (Å²) in [6.07, 6.45) is 9.82. The molecule has 0 saturated carbocycles. The van der Waals surface area contributed by atoms with Gasteiger partial charge < -0.3 is 14.1 Å². The second kappa shape index (κ2) is 6.03. The van der Waals surface area contributed by atoms with Gasteiger partial charge in [-0.25, -0.2) is 9.78 Å². The monoisotopic (exact) mass is 305 g/mol. The molecule has 0 aliphatic rings. The van der Waals surface area contributed by atoms with Crippen LogP contribution in [-0.2, 0) is 0 Å². The molecular formula is C17H11N3O3. The molecule has 0 bridgehead atoms. The number of pyridine rings is 1. The molecule has 3 aromatic heterocycles. The third kappa shape index (κ3) is 3.04. The van der Waals surface area contributed by atoms with Crippen LogP contribution in [0.25, 0.3) is 18.0 Å². The normalized spacial score (nSPS) is 10.7. The van der Waals surface area contributed by atoms with Crippen molar-refractivity contribution in [2.24, 2.45) is 0 Å². The van der Waals surface area contributed by atoms with Crippen LogP contribution >= 0.6 is 0 Å². The van der Waals surface area contributed by atoms with Gasteiger partial charge in [-0.15, -0.1) is 0 Å². The van der Waals surface area contributed by atoms with E-state index in [1.807, 2.05) is 0 Å². The molecule has 0 amide bonds. The molecule has 23 heavy (non-hydrogen) atoms. The molecule has 0 aliphatic heterocycles. The van der Waals surface area contributed by atoms with E-state index in [1.165, 1.54) is 18.3 Å². The molecule has 3 aromatic rings. The van der Waals surface area contributed by atoms with E-state index in [-0.39, 0.29) is 5.56 Å². The second-order valence-corrected chi connectivity index (χ2v) is 4.70. The van der Waals surface area contributed by atoms with Crippen LogP contribution in [0.15, 0.2) is 53.5 Å². The van der Waals surface area contributed by atoms with E-state index in [2.05, 4.69) is 11.1 Å². The maximum Gasteiger partial charge on any atom is 0.335 e. The highest BCUT2D eigenvalue weighted by Crippen LogP contribution is 2.18. The van der Waals surface area contributed by atoms with Crippen LogP contribution in [0.5, 0.6) is 0 Å². The molecule has 3 rings (SSSR count). The van der Waals surface area contributed by atoms with E-state index in [0.717, 1.165) is 0 Å². The lowest BCUT2D eigenvalue weighted by Crippen LogP contribution is -2.00. The molecule has 0 saturated heterocycles. The zero-order valence-electron chi connectivity index (χ0n) is 11.9. The highest BCUT2D eigenvalue weighted by Gasteiger charge is 2.09. The van der Waals surface area contributed by atoms with E-state index in [9.17, 15) is 10.1 Å². The number of rotatable bonds is 4. The molecule has 6 heteroatoms. The summed E-state index contributed by atoms with van der Waals surface area (Å²) < 4.78 is 6.83. The van der Waals surface area contributed by atoms with E-state index in [0.29, 0.717) is 22.7 Å². The predicted octanol–water partition coefficient (Wildman–Crippen LogP) is 3.21. The van der Waals surface area contributed by atoms with Gasteiger partial charge in [0.05, 0.1) is 17.4 Å². The molecule has 0 atom stereocenters. The van der Waals surface area contributed by atoms with Gasteiger partial charge in [0.2, 0.25) is 0 Å². The molecule has 112 valence electrons. The van der Waals surface area contributed by atoms with Crippen LogP contribution < -0.4 is 0 Å². The van der Waals surface area contributed by atoms with Crippen molar-refractivity contribution in [2.75, 3.05) is 0 Å². The van der Waals surface area contributed by atoms with Gasteiger partial charge in [0.25, 0.3) is 0 Å². The quantitative estimate of drug-likeness (QED) is 0.799. The zero-order chi connectivity index (χ0) is 16.2. The van der Waals surface area contributed by atoms with Crippen molar-refractivity contribution in [3.63, 3.8) is 0 Å². The van der Waals surface area contributed by atoms with Gasteiger partial charge in [-0.3, -0.25) is 0 Å².